The van der Waals surface area contributed by atoms with Crippen LogP contribution in [0.25, 0.3) is 0 Å². The minimum Gasteiger partial charge on any atom is -0.444 e. The normalized spacial score (nSPS) is 16.3. The Hall–Kier alpha value is -1.39. The number of nitrogens with zero attached hydrogens (tertiary/aromatic N) is 1. The molecule has 1 amide bonds. The summed E-state index contributed by atoms with van der Waals surface area (Å²) in [5.74, 6) is -1.71. The number of sulfonamides is 1. The molecule has 10 heteroatoms. The Balaban J connectivity index is 1.82. The number of piperidine rings is 1. The zero-order chi connectivity index (χ0) is 21.1. The highest BCUT2D eigenvalue weighted by atomic mass is 32.2. The van der Waals surface area contributed by atoms with E-state index in [1.165, 1.54) is 6.07 Å². The molecular weight excluding hydrogens is 410 g/mol. The molecule has 0 aliphatic carbocycles. The van der Waals surface area contributed by atoms with Crippen LogP contribution < -0.4 is 5.14 Å². The average Bonchev–Trinajstić information content (AvgIpc) is 2.56. The van der Waals surface area contributed by atoms with Crippen molar-refractivity contribution in [3.05, 3.63) is 23.8 Å². The standard InChI is InChI=1S/C18H26F2N2O4S2/c1-18(2,3)26-17(23)22-9-6-12(7-10-22)8-11-27-13-4-5-14(28(21,24)25)16(20)15(13)19/h4-5,12H,6-11H2,1-3H3,(H2,21,24,25). The van der Waals surface area contributed by atoms with Crippen molar-refractivity contribution >= 4 is 27.9 Å². The van der Waals surface area contributed by atoms with Crippen molar-refractivity contribution in [3.63, 3.8) is 0 Å². The van der Waals surface area contributed by atoms with Gasteiger partial charge in [-0.25, -0.2) is 27.1 Å². The summed E-state index contributed by atoms with van der Waals surface area (Å²) in [4.78, 5) is 13.0. The molecule has 0 radical (unpaired) electrons. The maximum absolute atomic E-state index is 14.1. The maximum Gasteiger partial charge on any atom is 0.410 e. The van der Waals surface area contributed by atoms with Crippen molar-refractivity contribution in [2.75, 3.05) is 18.8 Å². The Kier molecular flexibility index (Phi) is 7.33. The van der Waals surface area contributed by atoms with Crippen LogP contribution in [0.1, 0.15) is 40.0 Å². The van der Waals surface area contributed by atoms with Gasteiger partial charge in [-0.2, -0.15) is 0 Å². The fraction of sp³-hybridized carbons (Fsp3) is 0.611. The Bertz CT molecular complexity index is 818. The largest absolute Gasteiger partial charge is 0.444 e. The number of ether oxygens (including phenoxy) is 1. The summed E-state index contributed by atoms with van der Waals surface area (Å²) in [6, 6.07) is 2.21. The first-order valence-corrected chi connectivity index (χ1v) is 11.5. The highest BCUT2D eigenvalue weighted by Gasteiger charge is 2.27. The topological polar surface area (TPSA) is 89.7 Å². The monoisotopic (exact) mass is 436 g/mol. The summed E-state index contributed by atoms with van der Waals surface area (Å²) in [5.41, 5.74) is -0.525. The number of thioether (sulfide) groups is 1. The summed E-state index contributed by atoms with van der Waals surface area (Å²) < 4.78 is 55.7. The summed E-state index contributed by atoms with van der Waals surface area (Å²) >= 11 is 1.13. The van der Waals surface area contributed by atoms with Crippen molar-refractivity contribution in [2.45, 2.75) is 55.4 Å². The fourth-order valence-electron chi connectivity index (χ4n) is 2.91. The molecule has 28 heavy (non-hydrogen) atoms. The predicted molar refractivity (Wildman–Crippen MR) is 104 cm³/mol. The van der Waals surface area contributed by atoms with Gasteiger partial charge in [0.15, 0.2) is 11.6 Å². The second kappa shape index (κ2) is 8.96. The molecule has 1 heterocycles. The molecule has 0 bridgehead atoms. The van der Waals surface area contributed by atoms with Gasteiger partial charge in [0.25, 0.3) is 0 Å². The molecule has 2 N–H and O–H groups in total. The number of nitrogens with two attached hydrogens (primary N) is 1. The number of likely N-dealkylation sites (tertiary alicyclic amines) is 1. The zero-order valence-corrected chi connectivity index (χ0v) is 17.8. The van der Waals surface area contributed by atoms with Gasteiger partial charge in [-0.15, -0.1) is 11.8 Å². The molecular formula is C18H26F2N2O4S2. The lowest BCUT2D eigenvalue weighted by Gasteiger charge is -2.33. The van der Waals surface area contributed by atoms with E-state index in [2.05, 4.69) is 0 Å². The van der Waals surface area contributed by atoms with Gasteiger partial charge in [0.05, 0.1) is 0 Å². The second-order valence-electron chi connectivity index (χ2n) is 7.78. The van der Waals surface area contributed by atoms with E-state index in [9.17, 15) is 22.0 Å². The van der Waals surface area contributed by atoms with Crippen molar-refractivity contribution in [2.24, 2.45) is 11.1 Å². The first-order chi connectivity index (χ1) is 12.9. The minimum absolute atomic E-state index is 0.0519. The van der Waals surface area contributed by atoms with E-state index in [-0.39, 0.29) is 11.0 Å². The molecule has 1 fully saturated rings. The quantitative estimate of drug-likeness (QED) is 0.710. The fourth-order valence-corrected chi connectivity index (χ4v) is 4.56. The number of hydrogen-bond donors (Lipinski definition) is 1. The summed E-state index contributed by atoms with van der Waals surface area (Å²) in [6.07, 6.45) is 2.11. The Labute approximate surface area is 168 Å². The molecule has 1 aliphatic heterocycles. The van der Waals surface area contributed by atoms with Gasteiger partial charge in [-0.1, -0.05) is 0 Å². The molecule has 158 valence electrons. The van der Waals surface area contributed by atoms with Crippen LogP contribution >= 0.6 is 11.8 Å². The number of benzene rings is 1. The third-order valence-corrected chi connectivity index (χ3v) is 6.36. The number of amides is 1. The van der Waals surface area contributed by atoms with Crippen molar-refractivity contribution in [1.82, 2.24) is 4.90 Å². The third kappa shape index (κ3) is 6.31. The van der Waals surface area contributed by atoms with Gasteiger partial charge >= 0.3 is 6.09 Å². The smallest absolute Gasteiger partial charge is 0.410 e. The molecule has 1 saturated heterocycles. The molecule has 1 aliphatic rings. The lowest BCUT2D eigenvalue weighted by atomic mass is 9.95. The van der Waals surface area contributed by atoms with Crippen molar-refractivity contribution < 1.29 is 26.7 Å². The van der Waals surface area contributed by atoms with Gasteiger partial charge in [0, 0.05) is 18.0 Å². The van der Waals surface area contributed by atoms with Crippen LogP contribution in [0.5, 0.6) is 0 Å². The van der Waals surface area contributed by atoms with Crippen molar-refractivity contribution in [3.8, 4) is 0 Å². The number of hydrogen-bond acceptors (Lipinski definition) is 5. The molecule has 6 nitrogen and oxygen atoms in total. The Morgan fingerprint density at radius 1 is 1.25 bits per heavy atom. The van der Waals surface area contributed by atoms with Gasteiger partial charge < -0.3 is 9.64 Å². The van der Waals surface area contributed by atoms with Crippen LogP contribution in [0.4, 0.5) is 13.6 Å². The van der Waals surface area contributed by atoms with Gasteiger partial charge in [-0.3, -0.25) is 0 Å². The number of primary sulfonamides is 1. The molecule has 0 atom stereocenters. The number of halogens is 2. The van der Waals surface area contributed by atoms with E-state index in [0.29, 0.717) is 24.8 Å². The van der Waals surface area contributed by atoms with Crippen LogP contribution in [0.3, 0.4) is 0 Å². The van der Waals surface area contributed by atoms with Crippen LogP contribution in [0, 0.1) is 17.6 Å². The molecule has 1 aromatic rings. The summed E-state index contributed by atoms with van der Waals surface area (Å²) in [5, 5.41) is 4.86. The first-order valence-electron chi connectivity index (χ1n) is 9.00. The lowest BCUT2D eigenvalue weighted by Crippen LogP contribution is -2.41. The van der Waals surface area contributed by atoms with E-state index >= 15 is 0 Å². The SMILES string of the molecule is CC(C)(C)OC(=O)N1CCC(CCSc2ccc(S(N)(=O)=O)c(F)c2F)CC1. The first kappa shape index (κ1) is 22.9. The van der Waals surface area contributed by atoms with Crippen LogP contribution in [-0.4, -0.2) is 43.9 Å². The molecule has 0 aromatic heterocycles. The number of carbonyl (C=O) groups excluding carboxylic acids is 1. The molecule has 2 rings (SSSR count). The van der Waals surface area contributed by atoms with Gasteiger partial charge in [-0.05, 0) is 63.8 Å². The van der Waals surface area contributed by atoms with E-state index < -0.39 is 32.2 Å². The second-order valence-corrected chi connectivity index (χ2v) is 10.4. The lowest BCUT2D eigenvalue weighted by molar-refractivity contribution is 0.0183. The molecule has 0 saturated carbocycles. The van der Waals surface area contributed by atoms with E-state index in [4.69, 9.17) is 9.88 Å². The summed E-state index contributed by atoms with van der Waals surface area (Å²) in [7, 11) is -4.30. The Morgan fingerprint density at radius 2 is 1.86 bits per heavy atom. The highest BCUT2D eigenvalue weighted by molar-refractivity contribution is 7.99. The number of carbonyl (C=O) groups is 1. The maximum atomic E-state index is 14.1. The average molecular weight is 437 g/mol. The Morgan fingerprint density at radius 3 is 2.39 bits per heavy atom. The van der Waals surface area contributed by atoms with Crippen LogP contribution in [-0.2, 0) is 14.8 Å². The van der Waals surface area contributed by atoms with Crippen LogP contribution in [0.2, 0.25) is 0 Å². The predicted octanol–water partition coefficient (Wildman–Crippen LogP) is 3.74. The molecule has 0 spiro atoms. The minimum atomic E-state index is -4.30. The highest BCUT2D eigenvalue weighted by Crippen LogP contribution is 2.30. The zero-order valence-electron chi connectivity index (χ0n) is 16.2. The number of rotatable bonds is 5. The van der Waals surface area contributed by atoms with Gasteiger partial charge in [0.2, 0.25) is 10.0 Å². The molecule has 1 aromatic carbocycles. The van der Waals surface area contributed by atoms with E-state index in [1.807, 2.05) is 20.8 Å². The van der Waals surface area contributed by atoms with Crippen molar-refractivity contribution in [1.29, 1.82) is 0 Å². The summed E-state index contributed by atoms with van der Waals surface area (Å²) in [6.45, 7) is 6.69. The molecule has 0 unspecified atom stereocenters. The third-order valence-electron chi connectivity index (χ3n) is 4.37. The van der Waals surface area contributed by atoms with Gasteiger partial charge in [0.1, 0.15) is 10.5 Å². The van der Waals surface area contributed by atoms with E-state index in [1.54, 1.807) is 4.90 Å². The van der Waals surface area contributed by atoms with Crippen LogP contribution in [0.15, 0.2) is 21.9 Å². The van der Waals surface area contributed by atoms with E-state index in [0.717, 1.165) is 37.1 Å².